The molecule has 4 nitrogen and oxygen atoms in total. The summed E-state index contributed by atoms with van der Waals surface area (Å²) in [5, 5.41) is 4.71. The van der Waals surface area contributed by atoms with E-state index in [2.05, 4.69) is 14.9 Å². The first kappa shape index (κ1) is 14.6. The smallest absolute Gasteiger partial charge is 0.265 e. The molecule has 0 aliphatic rings. The molecule has 1 heterocycles. The molecule has 2 aromatic carbocycles. The van der Waals surface area contributed by atoms with Crippen LogP contribution >= 0.6 is 23.1 Å². The highest BCUT2D eigenvalue weighted by molar-refractivity contribution is 7.13. The predicted molar refractivity (Wildman–Crippen MR) is 86.1 cm³/mol. The van der Waals surface area contributed by atoms with Gasteiger partial charge in [0.2, 0.25) is 0 Å². The van der Waals surface area contributed by atoms with E-state index in [9.17, 15) is 9.18 Å². The normalized spacial score (nSPS) is 11.2. The fourth-order valence-corrected chi connectivity index (χ4v) is 2.88. The van der Waals surface area contributed by atoms with Gasteiger partial charge in [0.25, 0.3) is 5.91 Å². The van der Waals surface area contributed by atoms with E-state index in [4.69, 9.17) is 11.6 Å². The van der Waals surface area contributed by atoms with E-state index in [0.717, 1.165) is 10.1 Å². The third kappa shape index (κ3) is 2.84. The number of benzene rings is 2. The summed E-state index contributed by atoms with van der Waals surface area (Å²) in [5.74, 6) is -0.967. The van der Waals surface area contributed by atoms with Crippen LogP contribution < -0.4 is 5.43 Å². The quantitative estimate of drug-likeness (QED) is 0.584. The number of halogens is 2. The molecule has 0 atom stereocenters. The zero-order valence-corrected chi connectivity index (χ0v) is 12.7. The Labute approximate surface area is 134 Å². The average Bonchev–Trinajstić information content (AvgIpc) is 2.94. The third-order valence-corrected chi connectivity index (χ3v) is 4.11. The number of fused-ring (bicyclic) bond motifs is 1. The zero-order valence-electron chi connectivity index (χ0n) is 11.1. The number of hydrogen-bond donors (Lipinski definition) is 1. The number of carbonyl (C=O) groups is 1. The van der Waals surface area contributed by atoms with Crippen molar-refractivity contribution in [1.29, 1.82) is 0 Å². The minimum Gasteiger partial charge on any atom is -0.265 e. The first-order valence-corrected chi connectivity index (χ1v) is 7.44. The molecule has 0 fully saturated rings. The molecule has 0 aliphatic carbocycles. The fourth-order valence-electron chi connectivity index (χ4n) is 1.89. The molecule has 1 aromatic heterocycles. The van der Waals surface area contributed by atoms with Crippen LogP contribution in [0, 0.1) is 5.82 Å². The van der Waals surface area contributed by atoms with Gasteiger partial charge in [-0.15, -0.1) is 0 Å². The van der Waals surface area contributed by atoms with Crippen molar-refractivity contribution in [3.63, 3.8) is 0 Å². The second kappa shape index (κ2) is 6.21. The molecular weight excluding hydrogens is 325 g/mol. The van der Waals surface area contributed by atoms with Gasteiger partial charge in [0.05, 0.1) is 15.9 Å². The van der Waals surface area contributed by atoms with Crippen LogP contribution in [0.25, 0.3) is 10.1 Å². The SMILES string of the molecule is O=C(N/N=C/c1c(F)cccc1Cl)c1nsc2ccccc12. The van der Waals surface area contributed by atoms with Crippen molar-refractivity contribution in [3.8, 4) is 0 Å². The Bertz CT molecular complexity index is 858. The fraction of sp³-hybridized carbons (Fsp3) is 0. The lowest BCUT2D eigenvalue weighted by molar-refractivity contribution is 0.0953. The molecule has 0 saturated heterocycles. The molecule has 3 rings (SSSR count). The summed E-state index contributed by atoms with van der Waals surface area (Å²) in [6.07, 6.45) is 1.17. The van der Waals surface area contributed by atoms with E-state index in [1.807, 2.05) is 24.3 Å². The summed E-state index contributed by atoms with van der Waals surface area (Å²) in [6, 6.07) is 11.7. The zero-order chi connectivity index (χ0) is 15.5. The third-order valence-electron chi connectivity index (χ3n) is 2.95. The van der Waals surface area contributed by atoms with Crippen LogP contribution in [-0.4, -0.2) is 16.5 Å². The van der Waals surface area contributed by atoms with E-state index in [-0.39, 0.29) is 16.3 Å². The Balaban J connectivity index is 1.79. The number of amides is 1. The van der Waals surface area contributed by atoms with E-state index in [1.54, 1.807) is 6.07 Å². The molecule has 22 heavy (non-hydrogen) atoms. The van der Waals surface area contributed by atoms with Gasteiger partial charge in [-0.3, -0.25) is 4.79 Å². The molecular formula is C15H9ClFN3OS. The van der Waals surface area contributed by atoms with Gasteiger partial charge in [0.1, 0.15) is 5.82 Å². The van der Waals surface area contributed by atoms with Crippen LogP contribution in [0.2, 0.25) is 5.02 Å². The maximum absolute atomic E-state index is 13.6. The Morgan fingerprint density at radius 2 is 2.09 bits per heavy atom. The van der Waals surface area contributed by atoms with E-state index in [1.165, 1.54) is 29.9 Å². The predicted octanol–water partition coefficient (Wildman–Crippen LogP) is 3.85. The second-order valence-corrected chi connectivity index (χ2v) is 5.57. The molecule has 110 valence electrons. The minimum absolute atomic E-state index is 0.118. The van der Waals surface area contributed by atoms with Crippen molar-refractivity contribution >= 4 is 45.3 Å². The molecule has 1 N–H and O–H groups in total. The van der Waals surface area contributed by atoms with Crippen molar-refractivity contribution in [3.05, 3.63) is 64.6 Å². The van der Waals surface area contributed by atoms with E-state index >= 15 is 0 Å². The highest BCUT2D eigenvalue weighted by atomic mass is 35.5. The number of nitrogens with one attached hydrogen (secondary N) is 1. The van der Waals surface area contributed by atoms with Gasteiger partial charge in [-0.25, -0.2) is 9.82 Å². The van der Waals surface area contributed by atoms with E-state index in [0.29, 0.717) is 0 Å². The monoisotopic (exact) mass is 333 g/mol. The molecule has 0 bridgehead atoms. The maximum Gasteiger partial charge on any atom is 0.291 e. The number of hydrogen-bond acceptors (Lipinski definition) is 4. The Hall–Kier alpha value is -2.31. The van der Waals surface area contributed by atoms with Crippen LogP contribution in [0.1, 0.15) is 16.1 Å². The van der Waals surface area contributed by atoms with Gasteiger partial charge < -0.3 is 0 Å². The average molecular weight is 334 g/mol. The van der Waals surface area contributed by atoms with Crippen molar-refractivity contribution in [2.45, 2.75) is 0 Å². The number of hydrazone groups is 1. The van der Waals surface area contributed by atoms with Crippen molar-refractivity contribution in [2.24, 2.45) is 5.10 Å². The topological polar surface area (TPSA) is 54.4 Å². The van der Waals surface area contributed by atoms with E-state index < -0.39 is 11.7 Å². The van der Waals surface area contributed by atoms with Crippen LogP contribution in [0.3, 0.4) is 0 Å². The van der Waals surface area contributed by atoms with Crippen LogP contribution in [-0.2, 0) is 0 Å². The van der Waals surface area contributed by atoms with Crippen molar-refractivity contribution in [2.75, 3.05) is 0 Å². The highest BCUT2D eigenvalue weighted by Gasteiger charge is 2.13. The first-order chi connectivity index (χ1) is 10.7. The van der Waals surface area contributed by atoms with Gasteiger partial charge in [-0.2, -0.15) is 9.47 Å². The number of carbonyl (C=O) groups excluding carboxylic acids is 1. The molecule has 0 spiro atoms. The minimum atomic E-state index is -0.510. The van der Waals surface area contributed by atoms with Gasteiger partial charge in [-0.1, -0.05) is 35.9 Å². The highest BCUT2D eigenvalue weighted by Crippen LogP contribution is 2.22. The summed E-state index contributed by atoms with van der Waals surface area (Å²) in [6.45, 7) is 0. The first-order valence-electron chi connectivity index (χ1n) is 6.28. The van der Waals surface area contributed by atoms with Crippen LogP contribution in [0.4, 0.5) is 4.39 Å². The van der Waals surface area contributed by atoms with Gasteiger partial charge >= 0.3 is 0 Å². The van der Waals surface area contributed by atoms with Gasteiger partial charge in [0, 0.05) is 10.9 Å². The van der Waals surface area contributed by atoms with Gasteiger partial charge in [0.15, 0.2) is 5.69 Å². The summed E-state index contributed by atoms with van der Waals surface area (Å²) in [4.78, 5) is 12.1. The number of nitrogens with zero attached hydrogens (tertiary/aromatic N) is 2. The lowest BCUT2D eigenvalue weighted by Crippen LogP contribution is -2.18. The Morgan fingerprint density at radius 3 is 2.91 bits per heavy atom. The molecule has 0 unspecified atom stereocenters. The lowest BCUT2D eigenvalue weighted by Gasteiger charge is -2.00. The summed E-state index contributed by atoms with van der Waals surface area (Å²) >= 11 is 7.10. The van der Waals surface area contributed by atoms with Crippen molar-refractivity contribution < 1.29 is 9.18 Å². The van der Waals surface area contributed by atoms with Crippen molar-refractivity contribution in [1.82, 2.24) is 9.80 Å². The Kier molecular flexibility index (Phi) is 4.13. The maximum atomic E-state index is 13.6. The molecule has 1 amide bonds. The molecule has 3 aromatic rings. The summed E-state index contributed by atoms with van der Waals surface area (Å²) < 4.78 is 18.6. The molecule has 7 heteroatoms. The Morgan fingerprint density at radius 1 is 1.27 bits per heavy atom. The summed E-state index contributed by atoms with van der Waals surface area (Å²) in [7, 11) is 0. The van der Waals surface area contributed by atoms with Crippen LogP contribution in [0.15, 0.2) is 47.6 Å². The van der Waals surface area contributed by atoms with Gasteiger partial charge in [-0.05, 0) is 29.7 Å². The molecule has 0 aliphatic heterocycles. The second-order valence-electron chi connectivity index (χ2n) is 4.36. The molecule has 0 radical (unpaired) electrons. The summed E-state index contributed by atoms with van der Waals surface area (Å²) in [5.41, 5.74) is 2.74. The molecule has 0 saturated carbocycles. The van der Waals surface area contributed by atoms with Crippen LogP contribution in [0.5, 0.6) is 0 Å². The lowest BCUT2D eigenvalue weighted by atomic mass is 10.2. The largest absolute Gasteiger partial charge is 0.291 e. The standard InChI is InChI=1S/C15H9ClFN3OS/c16-11-5-3-6-12(17)10(11)8-18-19-15(21)14-9-4-1-2-7-13(9)22-20-14/h1-8H,(H,19,21)/b18-8+. The number of aromatic nitrogens is 1. The number of rotatable bonds is 3.